The molecular formula is C17H17N3OS2. The van der Waals surface area contributed by atoms with Crippen molar-refractivity contribution >= 4 is 34.6 Å². The number of hydrogen-bond acceptors (Lipinski definition) is 5. The molecule has 0 amide bonds. The summed E-state index contributed by atoms with van der Waals surface area (Å²) in [6, 6.07) is 11.9. The quantitative estimate of drug-likeness (QED) is 0.649. The van der Waals surface area contributed by atoms with Gasteiger partial charge in [-0.15, -0.1) is 22.7 Å². The number of thiazole rings is 1. The average molecular weight is 343 g/mol. The number of methoxy groups -OCH3 is 1. The van der Waals surface area contributed by atoms with Crippen molar-refractivity contribution < 1.29 is 4.74 Å². The van der Waals surface area contributed by atoms with Crippen LogP contribution in [0.5, 0.6) is 5.75 Å². The summed E-state index contributed by atoms with van der Waals surface area (Å²) in [6.07, 6.45) is 1.87. The third-order valence-corrected chi connectivity index (χ3v) is 5.08. The summed E-state index contributed by atoms with van der Waals surface area (Å²) in [5.74, 6) is 0.753. The highest BCUT2D eigenvalue weighted by molar-refractivity contribution is 7.13. The molecular weight excluding hydrogens is 326 g/mol. The molecule has 0 radical (unpaired) electrons. The summed E-state index contributed by atoms with van der Waals surface area (Å²) in [4.78, 5) is 7.92. The molecule has 0 atom stereocenters. The van der Waals surface area contributed by atoms with E-state index >= 15 is 0 Å². The minimum absolute atomic E-state index is 0.753. The molecule has 1 aromatic carbocycles. The summed E-state index contributed by atoms with van der Waals surface area (Å²) >= 11 is 3.28. The van der Waals surface area contributed by atoms with E-state index in [9.17, 15) is 0 Å². The van der Waals surface area contributed by atoms with E-state index in [1.807, 2.05) is 47.5 Å². The van der Waals surface area contributed by atoms with Gasteiger partial charge in [-0.05, 0) is 38.1 Å². The Morgan fingerprint density at radius 2 is 1.96 bits per heavy atom. The van der Waals surface area contributed by atoms with Crippen LogP contribution in [0.15, 0.2) is 51.9 Å². The Morgan fingerprint density at radius 1 is 1.13 bits per heavy atom. The minimum atomic E-state index is 0.753. The van der Waals surface area contributed by atoms with Crippen molar-refractivity contribution in [1.29, 1.82) is 0 Å². The van der Waals surface area contributed by atoms with Crippen molar-refractivity contribution in [2.45, 2.75) is 13.8 Å². The van der Waals surface area contributed by atoms with E-state index in [0.29, 0.717) is 0 Å². The third-order valence-electron chi connectivity index (χ3n) is 3.21. The molecule has 0 unspecified atom stereocenters. The highest BCUT2D eigenvalue weighted by Crippen LogP contribution is 2.25. The van der Waals surface area contributed by atoms with Gasteiger partial charge in [0.25, 0.3) is 0 Å². The number of hydrogen-bond donors (Lipinski definition) is 0. The first-order valence-electron chi connectivity index (χ1n) is 7.13. The Balaban J connectivity index is 2.01. The Morgan fingerprint density at radius 3 is 2.70 bits per heavy atom. The van der Waals surface area contributed by atoms with E-state index in [1.54, 1.807) is 29.8 Å². The van der Waals surface area contributed by atoms with Gasteiger partial charge in [-0.3, -0.25) is 0 Å². The van der Waals surface area contributed by atoms with Crippen LogP contribution < -0.4 is 9.54 Å². The van der Waals surface area contributed by atoms with Crippen molar-refractivity contribution in [3.8, 4) is 5.75 Å². The number of ether oxygens (including phenoxy) is 1. The smallest absolute Gasteiger partial charge is 0.211 e. The maximum atomic E-state index is 5.36. The van der Waals surface area contributed by atoms with Crippen LogP contribution >= 0.6 is 22.7 Å². The Kier molecular flexibility index (Phi) is 4.73. The predicted molar refractivity (Wildman–Crippen MR) is 97.3 cm³/mol. The summed E-state index contributed by atoms with van der Waals surface area (Å²) in [7, 11) is 1.65. The van der Waals surface area contributed by atoms with E-state index in [2.05, 4.69) is 24.2 Å². The number of para-hydroxylation sites is 2. The van der Waals surface area contributed by atoms with E-state index in [0.717, 1.165) is 26.8 Å². The van der Waals surface area contributed by atoms with Crippen molar-refractivity contribution in [2.75, 3.05) is 7.11 Å². The van der Waals surface area contributed by atoms with Crippen molar-refractivity contribution in [2.24, 2.45) is 10.1 Å². The van der Waals surface area contributed by atoms with E-state index in [4.69, 9.17) is 9.73 Å². The molecule has 3 aromatic rings. The molecule has 0 aliphatic heterocycles. The van der Waals surface area contributed by atoms with Gasteiger partial charge >= 0.3 is 0 Å². The van der Waals surface area contributed by atoms with Crippen LogP contribution in [0.4, 0.5) is 5.69 Å². The molecule has 0 saturated heterocycles. The monoisotopic (exact) mass is 343 g/mol. The van der Waals surface area contributed by atoms with Gasteiger partial charge in [0.2, 0.25) is 4.80 Å². The van der Waals surface area contributed by atoms with Crippen LogP contribution in [-0.4, -0.2) is 18.0 Å². The highest BCUT2D eigenvalue weighted by Gasteiger charge is 2.03. The average Bonchev–Trinajstić information content (AvgIpc) is 3.12. The molecule has 2 aromatic heterocycles. The lowest BCUT2D eigenvalue weighted by atomic mass is 10.3. The Labute approximate surface area is 143 Å². The normalized spacial score (nSPS) is 12.2. The molecule has 2 heterocycles. The Hall–Kier alpha value is -2.18. The van der Waals surface area contributed by atoms with E-state index < -0.39 is 0 Å². The summed E-state index contributed by atoms with van der Waals surface area (Å²) in [5, 5.41) is 6.63. The second kappa shape index (κ2) is 6.93. The number of rotatable bonds is 4. The van der Waals surface area contributed by atoms with E-state index in [-0.39, 0.29) is 0 Å². The molecule has 0 fully saturated rings. The lowest BCUT2D eigenvalue weighted by molar-refractivity contribution is 0.416. The van der Waals surface area contributed by atoms with Crippen LogP contribution in [0.1, 0.15) is 15.4 Å². The topological polar surface area (TPSA) is 38.9 Å². The second-order valence-corrected chi connectivity index (χ2v) is 7.10. The molecule has 4 nitrogen and oxygen atoms in total. The van der Waals surface area contributed by atoms with Gasteiger partial charge in [-0.2, -0.15) is 5.10 Å². The third kappa shape index (κ3) is 3.60. The van der Waals surface area contributed by atoms with Crippen molar-refractivity contribution in [1.82, 2.24) is 4.68 Å². The fourth-order valence-corrected chi connectivity index (χ4v) is 3.63. The zero-order valence-electron chi connectivity index (χ0n) is 13.2. The predicted octanol–water partition coefficient (Wildman–Crippen LogP) is 4.35. The lowest BCUT2D eigenvalue weighted by Gasteiger charge is -2.02. The fourth-order valence-electron chi connectivity index (χ4n) is 2.07. The first kappa shape index (κ1) is 15.7. The van der Waals surface area contributed by atoms with Crippen LogP contribution in [0.2, 0.25) is 0 Å². The van der Waals surface area contributed by atoms with Gasteiger partial charge in [0.1, 0.15) is 11.4 Å². The van der Waals surface area contributed by atoms with Gasteiger partial charge in [0.05, 0.1) is 19.0 Å². The van der Waals surface area contributed by atoms with Gasteiger partial charge < -0.3 is 4.74 Å². The van der Waals surface area contributed by atoms with Crippen LogP contribution in [0.25, 0.3) is 0 Å². The number of nitrogens with zero attached hydrogens (tertiary/aromatic N) is 3. The first-order chi connectivity index (χ1) is 11.2. The molecule has 23 heavy (non-hydrogen) atoms. The maximum absolute atomic E-state index is 5.36. The van der Waals surface area contributed by atoms with Crippen molar-refractivity contribution in [3.63, 3.8) is 0 Å². The van der Waals surface area contributed by atoms with Gasteiger partial charge in [-0.1, -0.05) is 12.1 Å². The standard InChI is InChI=1S/C17H17N3OS2/c1-12-11-22-17(19-15-6-4-5-7-16(15)21-3)20(12)18-10-14-9-8-13(2)23-14/h4-11H,1-3H3. The molecule has 0 N–H and O–H groups in total. The first-order valence-corrected chi connectivity index (χ1v) is 8.82. The molecule has 0 aliphatic rings. The molecule has 0 saturated carbocycles. The van der Waals surface area contributed by atoms with Crippen molar-refractivity contribution in [3.05, 3.63) is 62.0 Å². The summed E-state index contributed by atoms with van der Waals surface area (Å²) in [5.41, 5.74) is 1.85. The van der Waals surface area contributed by atoms with Gasteiger partial charge in [0, 0.05) is 15.1 Å². The fraction of sp³-hybridized carbons (Fsp3) is 0.176. The second-order valence-electron chi connectivity index (χ2n) is 4.95. The van der Waals surface area contributed by atoms with Gasteiger partial charge in [-0.25, -0.2) is 9.67 Å². The largest absolute Gasteiger partial charge is 0.494 e. The molecule has 3 rings (SSSR count). The summed E-state index contributed by atoms with van der Waals surface area (Å²) in [6.45, 7) is 4.11. The molecule has 0 bridgehead atoms. The molecule has 6 heteroatoms. The number of thiophene rings is 1. The minimum Gasteiger partial charge on any atom is -0.494 e. The van der Waals surface area contributed by atoms with Crippen LogP contribution in [0, 0.1) is 13.8 Å². The SMILES string of the molecule is COc1ccccc1N=c1scc(C)n1N=Cc1ccc(C)s1. The van der Waals surface area contributed by atoms with Crippen LogP contribution in [-0.2, 0) is 0 Å². The highest BCUT2D eigenvalue weighted by atomic mass is 32.1. The lowest BCUT2D eigenvalue weighted by Crippen LogP contribution is -2.11. The van der Waals surface area contributed by atoms with E-state index in [1.165, 1.54) is 4.88 Å². The molecule has 118 valence electrons. The zero-order chi connectivity index (χ0) is 16.2. The number of aryl methyl sites for hydroxylation is 2. The van der Waals surface area contributed by atoms with Crippen LogP contribution in [0.3, 0.4) is 0 Å². The Bertz CT molecular complexity index is 902. The number of aromatic nitrogens is 1. The molecule has 0 spiro atoms. The maximum Gasteiger partial charge on any atom is 0.211 e. The zero-order valence-corrected chi connectivity index (χ0v) is 14.8. The summed E-state index contributed by atoms with van der Waals surface area (Å²) < 4.78 is 7.21. The van der Waals surface area contributed by atoms with Gasteiger partial charge in [0.15, 0.2) is 0 Å². The number of benzene rings is 1. The molecule has 0 aliphatic carbocycles.